The first-order valence-corrected chi connectivity index (χ1v) is 7.82. The third kappa shape index (κ3) is 3.90. The molecule has 0 aromatic carbocycles. The van der Waals surface area contributed by atoms with Crippen LogP contribution in [-0.4, -0.2) is 35.2 Å². The van der Waals surface area contributed by atoms with Crippen LogP contribution < -0.4 is 4.74 Å². The predicted molar refractivity (Wildman–Crippen MR) is 85.1 cm³/mol. The van der Waals surface area contributed by atoms with E-state index in [-0.39, 0.29) is 12.1 Å². The number of carbonyl (C=O) groups excluding carboxylic acids is 1. The molecule has 0 aliphatic carbocycles. The highest BCUT2D eigenvalue weighted by Crippen LogP contribution is 2.34. The Labute approximate surface area is 132 Å². The van der Waals surface area contributed by atoms with E-state index in [1.165, 1.54) is 0 Å². The van der Waals surface area contributed by atoms with Gasteiger partial charge in [-0.1, -0.05) is 0 Å². The van der Waals surface area contributed by atoms with Crippen LogP contribution in [0.3, 0.4) is 0 Å². The van der Waals surface area contributed by atoms with Gasteiger partial charge in [-0.3, -0.25) is 0 Å². The molecule has 122 valence electrons. The second-order valence-corrected chi connectivity index (χ2v) is 6.77. The fourth-order valence-electron chi connectivity index (χ4n) is 2.80. The Morgan fingerprint density at radius 1 is 1.36 bits per heavy atom. The van der Waals surface area contributed by atoms with E-state index in [0.29, 0.717) is 5.88 Å². The van der Waals surface area contributed by atoms with E-state index in [1.54, 1.807) is 7.11 Å². The molecule has 5 heteroatoms. The van der Waals surface area contributed by atoms with Gasteiger partial charge < -0.3 is 14.4 Å². The quantitative estimate of drug-likeness (QED) is 0.832. The Bertz CT molecular complexity index is 537. The molecule has 1 amide bonds. The number of methoxy groups -OCH3 is 1. The Morgan fingerprint density at radius 2 is 2.09 bits per heavy atom. The molecule has 0 spiro atoms. The van der Waals surface area contributed by atoms with Crippen LogP contribution in [0, 0.1) is 6.92 Å². The third-order valence-corrected chi connectivity index (χ3v) is 3.83. The van der Waals surface area contributed by atoms with Gasteiger partial charge >= 0.3 is 6.09 Å². The predicted octanol–water partition coefficient (Wildman–Crippen LogP) is 3.86. The van der Waals surface area contributed by atoms with Crippen LogP contribution in [0.15, 0.2) is 12.3 Å². The molecule has 2 rings (SSSR count). The summed E-state index contributed by atoms with van der Waals surface area (Å²) in [7, 11) is 1.61. The minimum atomic E-state index is -0.480. The zero-order valence-electron chi connectivity index (χ0n) is 14.2. The zero-order chi connectivity index (χ0) is 16.3. The van der Waals surface area contributed by atoms with Crippen LogP contribution in [0.25, 0.3) is 0 Å². The van der Waals surface area contributed by atoms with E-state index >= 15 is 0 Å². The molecule has 1 saturated heterocycles. The van der Waals surface area contributed by atoms with Gasteiger partial charge in [-0.05, 0) is 58.1 Å². The van der Waals surface area contributed by atoms with Crippen molar-refractivity contribution in [3.8, 4) is 5.88 Å². The van der Waals surface area contributed by atoms with E-state index in [4.69, 9.17) is 9.47 Å². The van der Waals surface area contributed by atoms with Gasteiger partial charge in [-0.2, -0.15) is 0 Å². The van der Waals surface area contributed by atoms with Crippen molar-refractivity contribution in [2.24, 2.45) is 0 Å². The summed E-state index contributed by atoms with van der Waals surface area (Å²) < 4.78 is 10.7. The summed E-state index contributed by atoms with van der Waals surface area (Å²) in [4.78, 5) is 18.6. The van der Waals surface area contributed by atoms with Crippen molar-refractivity contribution in [2.75, 3.05) is 13.7 Å². The smallest absolute Gasteiger partial charge is 0.410 e. The molecule has 1 unspecified atom stereocenters. The molecule has 1 aromatic heterocycles. The average molecular weight is 306 g/mol. The van der Waals surface area contributed by atoms with Gasteiger partial charge in [0.05, 0.1) is 13.2 Å². The van der Waals surface area contributed by atoms with Crippen molar-refractivity contribution in [3.63, 3.8) is 0 Å². The maximum absolute atomic E-state index is 12.5. The fourth-order valence-corrected chi connectivity index (χ4v) is 2.80. The molecule has 1 atom stereocenters. The molecule has 1 fully saturated rings. The number of hydrogen-bond acceptors (Lipinski definition) is 4. The lowest BCUT2D eigenvalue weighted by atomic mass is 9.94. The maximum Gasteiger partial charge on any atom is 0.410 e. The summed E-state index contributed by atoms with van der Waals surface area (Å²) in [6, 6.07) is 1.94. The Balaban J connectivity index is 2.24. The lowest BCUT2D eigenvalue weighted by Crippen LogP contribution is -2.42. The molecule has 0 saturated carbocycles. The molecule has 1 aliphatic rings. The van der Waals surface area contributed by atoms with Crippen LogP contribution in [0.1, 0.15) is 57.2 Å². The monoisotopic (exact) mass is 306 g/mol. The summed E-state index contributed by atoms with van der Waals surface area (Å²) >= 11 is 0. The molecular weight excluding hydrogens is 280 g/mol. The Kier molecular flexibility index (Phi) is 4.94. The second kappa shape index (κ2) is 6.55. The van der Waals surface area contributed by atoms with Gasteiger partial charge in [-0.15, -0.1) is 0 Å². The fraction of sp³-hybridized carbons (Fsp3) is 0.647. The number of pyridine rings is 1. The number of nitrogens with zero attached hydrogens (tertiary/aromatic N) is 2. The SMILES string of the molecule is COc1cc(C)c(C2CCCCN2C(=O)OC(C)(C)C)cn1. The number of ether oxygens (including phenoxy) is 2. The molecule has 1 aliphatic heterocycles. The number of aryl methyl sites for hydroxylation is 1. The molecule has 0 N–H and O–H groups in total. The number of aromatic nitrogens is 1. The topological polar surface area (TPSA) is 51.7 Å². The minimum Gasteiger partial charge on any atom is -0.481 e. The minimum absolute atomic E-state index is 0.0296. The first kappa shape index (κ1) is 16.6. The molecule has 0 bridgehead atoms. The highest BCUT2D eigenvalue weighted by atomic mass is 16.6. The lowest BCUT2D eigenvalue weighted by molar-refractivity contribution is 0.00942. The summed E-state index contributed by atoms with van der Waals surface area (Å²) in [6.07, 6.45) is 4.64. The highest BCUT2D eigenvalue weighted by molar-refractivity contribution is 5.69. The average Bonchev–Trinajstić information content (AvgIpc) is 2.45. The summed E-state index contributed by atoms with van der Waals surface area (Å²) in [5.74, 6) is 0.598. The Hall–Kier alpha value is -1.78. The number of amides is 1. The summed E-state index contributed by atoms with van der Waals surface area (Å²) in [5, 5.41) is 0. The van der Waals surface area contributed by atoms with Crippen LogP contribution in [-0.2, 0) is 4.74 Å². The van der Waals surface area contributed by atoms with Crippen molar-refractivity contribution in [2.45, 2.75) is 58.6 Å². The van der Waals surface area contributed by atoms with Crippen molar-refractivity contribution >= 4 is 6.09 Å². The normalized spacial score (nSPS) is 19.0. The van der Waals surface area contributed by atoms with Crippen LogP contribution in [0.4, 0.5) is 4.79 Å². The van der Waals surface area contributed by atoms with E-state index in [0.717, 1.165) is 36.9 Å². The van der Waals surface area contributed by atoms with Gasteiger partial charge in [-0.25, -0.2) is 9.78 Å². The molecular formula is C17H26N2O3. The van der Waals surface area contributed by atoms with Crippen LogP contribution >= 0.6 is 0 Å². The van der Waals surface area contributed by atoms with Crippen molar-refractivity contribution in [1.29, 1.82) is 0 Å². The van der Waals surface area contributed by atoms with E-state index in [2.05, 4.69) is 4.98 Å². The number of piperidine rings is 1. The zero-order valence-corrected chi connectivity index (χ0v) is 14.2. The van der Waals surface area contributed by atoms with Gasteiger partial charge in [0.2, 0.25) is 5.88 Å². The van der Waals surface area contributed by atoms with Gasteiger partial charge in [0.25, 0.3) is 0 Å². The lowest BCUT2D eigenvalue weighted by Gasteiger charge is -2.37. The number of likely N-dealkylation sites (tertiary alicyclic amines) is 1. The van der Waals surface area contributed by atoms with Crippen LogP contribution in [0.5, 0.6) is 5.88 Å². The van der Waals surface area contributed by atoms with Gasteiger partial charge in [0.15, 0.2) is 0 Å². The van der Waals surface area contributed by atoms with Gasteiger partial charge in [0.1, 0.15) is 5.60 Å². The molecule has 1 aromatic rings. The maximum atomic E-state index is 12.5. The van der Waals surface area contributed by atoms with Crippen molar-refractivity contribution in [1.82, 2.24) is 9.88 Å². The molecule has 22 heavy (non-hydrogen) atoms. The van der Waals surface area contributed by atoms with E-state index in [9.17, 15) is 4.79 Å². The standard InChI is InChI=1S/C17H26N2O3/c1-12-10-15(21-5)18-11-13(12)14-8-6-7-9-19(14)16(20)22-17(2,3)4/h10-11,14H,6-9H2,1-5H3. The third-order valence-electron chi connectivity index (χ3n) is 3.83. The second-order valence-electron chi connectivity index (χ2n) is 6.77. The largest absolute Gasteiger partial charge is 0.481 e. The van der Waals surface area contributed by atoms with Crippen molar-refractivity contribution < 1.29 is 14.3 Å². The number of carbonyl (C=O) groups is 1. The van der Waals surface area contributed by atoms with Crippen molar-refractivity contribution in [3.05, 3.63) is 23.4 Å². The van der Waals surface area contributed by atoms with Gasteiger partial charge in [0, 0.05) is 18.8 Å². The summed E-state index contributed by atoms with van der Waals surface area (Å²) in [6.45, 7) is 8.44. The molecule has 5 nitrogen and oxygen atoms in total. The summed E-state index contributed by atoms with van der Waals surface area (Å²) in [5.41, 5.74) is 1.69. The molecule has 2 heterocycles. The number of hydrogen-bond donors (Lipinski definition) is 0. The van der Waals surface area contributed by atoms with E-state index in [1.807, 2.05) is 44.9 Å². The first-order valence-electron chi connectivity index (χ1n) is 7.82. The van der Waals surface area contributed by atoms with Crippen LogP contribution in [0.2, 0.25) is 0 Å². The van der Waals surface area contributed by atoms with E-state index < -0.39 is 5.60 Å². The highest BCUT2D eigenvalue weighted by Gasteiger charge is 2.32. The number of rotatable bonds is 2. The Morgan fingerprint density at radius 3 is 2.68 bits per heavy atom. The first-order chi connectivity index (χ1) is 10.3. The molecule has 0 radical (unpaired) electrons.